The molecule has 1 aromatic heterocycles. The van der Waals surface area contributed by atoms with E-state index in [-0.39, 0.29) is 11.5 Å². The number of benzene rings is 2. The highest BCUT2D eigenvalue weighted by Crippen LogP contribution is 2.30. The topological polar surface area (TPSA) is 80.9 Å². The van der Waals surface area contributed by atoms with Crippen LogP contribution in [0, 0.1) is 0 Å². The molecule has 2 aromatic carbocycles. The van der Waals surface area contributed by atoms with Gasteiger partial charge in [-0.1, -0.05) is 24.3 Å². The SMILES string of the molecule is CCNC(=NCc1ccc(OC(F)F)c(OCC)c1)NCc1coc(-c2ccccc2)n1. The average molecular weight is 444 g/mol. The normalized spacial score (nSPS) is 11.5. The molecule has 3 rings (SSSR count). The molecule has 0 unspecified atom stereocenters. The third-order valence-corrected chi connectivity index (χ3v) is 4.30. The number of guanidine groups is 1. The van der Waals surface area contributed by atoms with Gasteiger partial charge >= 0.3 is 6.61 Å². The Bertz CT molecular complexity index is 1010. The summed E-state index contributed by atoms with van der Waals surface area (Å²) < 4.78 is 40.6. The highest BCUT2D eigenvalue weighted by molar-refractivity contribution is 5.79. The molecule has 9 heteroatoms. The van der Waals surface area contributed by atoms with Crippen LogP contribution < -0.4 is 20.1 Å². The standard InChI is InChI=1S/C23H26F2N4O3/c1-3-26-23(28-14-18-15-31-21(29-18)17-8-6-5-7-9-17)27-13-16-10-11-19(32-22(24)25)20(12-16)30-4-2/h5-12,15,22H,3-4,13-14H2,1-2H3,(H2,26,27,28). The van der Waals surface area contributed by atoms with E-state index in [1.807, 2.05) is 37.3 Å². The summed E-state index contributed by atoms with van der Waals surface area (Å²) in [5, 5.41) is 6.37. The number of nitrogens with zero attached hydrogens (tertiary/aromatic N) is 2. The summed E-state index contributed by atoms with van der Waals surface area (Å²) in [5.41, 5.74) is 2.44. The van der Waals surface area contributed by atoms with Gasteiger partial charge in [0.1, 0.15) is 6.26 Å². The molecular weight excluding hydrogens is 418 g/mol. The Morgan fingerprint density at radius 1 is 1.09 bits per heavy atom. The van der Waals surface area contributed by atoms with E-state index < -0.39 is 6.61 Å². The van der Waals surface area contributed by atoms with Crippen LogP contribution in [0.3, 0.4) is 0 Å². The van der Waals surface area contributed by atoms with Crippen molar-refractivity contribution < 1.29 is 22.7 Å². The van der Waals surface area contributed by atoms with Crippen LogP contribution in [0.25, 0.3) is 11.5 Å². The van der Waals surface area contributed by atoms with Gasteiger partial charge in [-0.25, -0.2) is 9.98 Å². The number of aliphatic imine (C=N–C) groups is 1. The lowest BCUT2D eigenvalue weighted by molar-refractivity contribution is -0.0514. The highest BCUT2D eigenvalue weighted by Gasteiger charge is 2.12. The molecule has 0 bridgehead atoms. The first kappa shape index (κ1) is 23.1. The van der Waals surface area contributed by atoms with Crippen molar-refractivity contribution in [2.24, 2.45) is 4.99 Å². The zero-order chi connectivity index (χ0) is 22.8. The molecule has 0 spiro atoms. The number of nitrogens with one attached hydrogen (secondary N) is 2. The van der Waals surface area contributed by atoms with E-state index in [9.17, 15) is 8.78 Å². The van der Waals surface area contributed by atoms with Crippen molar-refractivity contribution in [3.05, 3.63) is 66.1 Å². The molecule has 0 fully saturated rings. The maximum absolute atomic E-state index is 12.6. The molecule has 7 nitrogen and oxygen atoms in total. The highest BCUT2D eigenvalue weighted by atomic mass is 19.3. The largest absolute Gasteiger partial charge is 0.490 e. The van der Waals surface area contributed by atoms with E-state index in [1.165, 1.54) is 6.07 Å². The third-order valence-electron chi connectivity index (χ3n) is 4.30. The molecule has 2 N–H and O–H groups in total. The zero-order valence-corrected chi connectivity index (χ0v) is 18.0. The van der Waals surface area contributed by atoms with Crippen LogP contribution in [0.2, 0.25) is 0 Å². The summed E-state index contributed by atoms with van der Waals surface area (Å²) in [6.45, 7) is 2.57. The molecule has 0 saturated carbocycles. The monoisotopic (exact) mass is 444 g/mol. The summed E-state index contributed by atoms with van der Waals surface area (Å²) in [4.78, 5) is 9.04. The van der Waals surface area contributed by atoms with E-state index in [4.69, 9.17) is 9.15 Å². The lowest BCUT2D eigenvalue weighted by Gasteiger charge is -2.13. The van der Waals surface area contributed by atoms with Crippen molar-refractivity contribution in [1.29, 1.82) is 0 Å². The van der Waals surface area contributed by atoms with E-state index in [2.05, 4.69) is 25.3 Å². The van der Waals surface area contributed by atoms with E-state index in [0.29, 0.717) is 38.1 Å². The second kappa shape index (κ2) is 11.7. The van der Waals surface area contributed by atoms with Gasteiger partial charge in [0.2, 0.25) is 5.89 Å². The molecule has 0 aliphatic carbocycles. The molecular formula is C23H26F2N4O3. The van der Waals surface area contributed by atoms with Crippen molar-refractivity contribution in [2.75, 3.05) is 13.2 Å². The van der Waals surface area contributed by atoms with Gasteiger partial charge in [0.15, 0.2) is 17.5 Å². The van der Waals surface area contributed by atoms with Gasteiger partial charge < -0.3 is 24.5 Å². The lowest BCUT2D eigenvalue weighted by Crippen LogP contribution is -2.36. The van der Waals surface area contributed by atoms with Gasteiger partial charge in [0.25, 0.3) is 0 Å². The van der Waals surface area contributed by atoms with Crippen LogP contribution >= 0.6 is 0 Å². The van der Waals surface area contributed by atoms with Crippen LogP contribution in [0.4, 0.5) is 8.78 Å². The first-order chi connectivity index (χ1) is 15.6. The summed E-state index contributed by atoms with van der Waals surface area (Å²) >= 11 is 0. The fourth-order valence-electron chi connectivity index (χ4n) is 2.90. The number of hydrogen-bond donors (Lipinski definition) is 2. The Morgan fingerprint density at radius 3 is 2.62 bits per heavy atom. The minimum absolute atomic E-state index is 0.000126. The number of aromatic nitrogens is 1. The Kier molecular flexibility index (Phi) is 8.42. The van der Waals surface area contributed by atoms with Gasteiger partial charge in [0.05, 0.1) is 25.4 Å². The Balaban J connectivity index is 1.65. The second-order valence-electron chi connectivity index (χ2n) is 6.65. The number of halogens is 2. The van der Waals surface area contributed by atoms with Gasteiger partial charge in [-0.2, -0.15) is 8.78 Å². The predicted molar refractivity (Wildman–Crippen MR) is 118 cm³/mol. The number of alkyl halides is 2. The van der Waals surface area contributed by atoms with Gasteiger partial charge in [0, 0.05) is 12.1 Å². The van der Waals surface area contributed by atoms with Crippen LogP contribution in [0.1, 0.15) is 25.1 Å². The average Bonchev–Trinajstić information content (AvgIpc) is 3.27. The van der Waals surface area contributed by atoms with Crippen molar-refractivity contribution in [1.82, 2.24) is 15.6 Å². The molecule has 0 amide bonds. The number of rotatable bonds is 10. The van der Waals surface area contributed by atoms with Crippen molar-refractivity contribution in [3.8, 4) is 23.0 Å². The van der Waals surface area contributed by atoms with Crippen LogP contribution in [-0.4, -0.2) is 30.7 Å². The summed E-state index contributed by atoms with van der Waals surface area (Å²) in [7, 11) is 0. The Hall–Kier alpha value is -3.62. The molecule has 3 aromatic rings. The smallest absolute Gasteiger partial charge is 0.387 e. The van der Waals surface area contributed by atoms with Crippen LogP contribution in [0.15, 0.2) is 64.2 Å². The number of hydrogen-bond acceptors (Lipinski definition) is 5. The molecule has 0 aliphatic heterocycles. The minimum atomic E-state index is -2.92. The van der Waals surface area contributed by atoms with Gasteiger partial charge in [-0.3, -0.25) is 0 Å². The number of oxazole rings is 1. The molecule has 1 heterocycles. The Morgan fingerprint density at radius 2 is 1.91 bits per heavy atom. The zero-order valence-electron chi connectivity index (χ0n) is 18.0. The summed E-state index contributed by atoms with van der Waals surface area (Å²) in [6, 6.07) is 14.4. The second-order valence-corrected chi connectivity index (χ2v) is 6.65. The fourth-order valence-corrected chi connectivity index (χ4v) is 2.90. The quantitative estimate of drug-likeness (QED) is 0.352. The van der Waals surface area contributed by atoms with E-state index in [0.717, 1.165) is 16.8 Å². The molecule has 0 radical (unpaired) electrons. The lowest BCUT2D eigenvalue weighted by atomic mass is 10.2. The first-order valence-electron chi connectivity index (χ1n) is 10.3. The minimum Gasteiger partial charge on any atom is -0.490 e. The summed E-state index contributed by atoms with van der Waals surface area (Å²) in [5.74, 6) is 1.40. The Labute approximate surface area is 185 Å². The third kappa shape index (κ3) is 6.69. The van der Waals surface area contributed by atoms with Crippen molar-refractivity contribution >= 4 is 5.96 Å². The molecule has 170 valence electrons. The van der Waals surface area contributed by atoms with Gasteiger partial charge in [-0.15, -0.1) is 0 Å². The first-order valence-corrected chi connectivity index (χ1v) is 10.3. The predicted octanol–water partition coefficient (Wildman–Crippen LogP) is 4.60. The van der Waals surface area contributed by atoms with Crippen LogP contribution in [0.5, 0.6) is 11.5 Å². The molecule has 0 aliphatic rings. The molecule has 0 atom stereocenters. The van der Waals surface area contributed by atoms with E-state index in [1.54, 1.807) is 25.3 Å². The molecule has 32 heavy (non-hydrogen) atoms. The molecule has 0 saturated heterocycles. The van der Waals surface area contributed by atoms with Crippen molar-refractivity contribution in [3.63, 3.8) is 0 Å². The maximum Gasteiger partial charge on any atom is 0.387 e. The number of ether oxygens (including phenoxy) is 2. The van der Waals surface area contributed by atoms with Gasteiger partial charge in [-0.05, 0) is 43.7 Å². The van der Waals surface area contributed by atoms with Crippen molar-refractivity contribution in [2.45, 2.75) is 33.5 Å². The summed E-state index contributed by atoms with van der Waals surface area (Å²) in [6.07, 6.45) is 1.61. The maximum atomic E-state index is 12.6. The fraction of sp³-hybridized carbons (Fsp3) is 0.304. The van der Waals surface area contributed by atoms with Crippen LogP contribution in [-0.2, 0) is 13.1 Å². The van der Waals surface area contributed by atoms with E-state index >= 15 is 0 Å².